The summed E-state index contributed by atoms with van der Waals surface area (Å²) in [5.41, 5.74) is 2.79. The highest BCUT2D eigenvalue weighted by Crippen LogP contribution is 2.41. The molecule has 0 aromatic heterocycles. The highest BCUT2D eigenvalue weighted by Gasteiger charge is 2.33. The molecule has 0 saturated carbocycles. The lowest BCUT2D eigenvalue weighted by Gasteiger charge is -2.12. The number of phenolic OH excluding ortho intramolecular Hbond substituents is 1. The number of ether oxygens (including phenoxy) is 5. The van der Waals surface area contributed by atoms with Crippen LogP contribution in [0.4, 0.5) is 27.5 Å². The minimum Gasteiger partial charge on any atom is -0.506 e. The number of amides is 4. The van der Waals surface area contributed by atoms with Gasteiger partial charge in [-0.05, 0) is 85.3 Å². The maximum absolute atomic E-state index is 12.8. The molecule has 1 aliphatic heterocycles. The van der Waals surface area contributed by atoms with Gasteiger partial charge in [0.25, 0.3) is 5.91 Å². The standard InChI is InChI=1S/C44H44N6O11S/c1-2-60-43(55)39-40(53)38(62-42(39)48-32-6-4-3-5-7-32)23-30-10-13-37(36(52)22-30)61-21-20-59-19-18-58-17-16-57-15-14-46-41(54)31-24-34(47-28-51)26-35(25-31)50-44(56)49-33-11-8-29(27-45)9-12-33/h3-13,22-26,28,52-53H,2,14-21H2,1H3,(H,46,54)(H,47,51)(H2,49,50,56)/b38-23-,48-42?. The Balaban J connectivity index is 0.951. The van der Waals surface area contributed by atoms with Gasteiger partial charge in [-0.1, -0.05) is 36.0 Å². The van der Waals surface area contributed by atoms with Gasteiger partial charge in [0.15, 0.2) is 11.5 Å². The van der Waals surface area contributed by atoms with E-state index < -0.39 is 17.9 Å². The van der Waals surface area contributed by atoms with E-state index in [0.717, 1.165) is 11.8 Å². The maximum atomic E-state index is 12.8. The second kappa shape index (κ2) is 24.2. The molecule has 322 valence electrons. The van der Waals surface area contributed by atoms with E-state index in [1.165, 1.54) is 24.3 Å². The predicted molar refractivity (Wildman–Crippen MR) is 234 cm³/mol. The Labute approximate surface area is 361 Å². The number of nitrogens with one attached hydrogen (secondary N) is 4. The summed E-state index contributed by atoms with van der Waals surface area (Å²) in [6.07, 6.45) is 2.08. The number of thioether (sulfide) groups is 1. The van der Waals surface area contributed by atoms with Crippen molar-refractivity contribution in [1.29, 1.82) is 5.26 Å². The van der Waals surface area contributed by atoms with E-state index in [2.05, 4.69) is 26.3 Å². The molecule has 62 heavy (non-hydrogen) atoms. The SMILES string of the molecule is CCOC(=O)C1=C(O)/C(=C/c2ccc(OCCOCCOCCOCCNC(=O)c3cc(NC=O)cc(NC(=O)Nc4ccc(C#N)cc4)c3)c(O)c2)SC1=Nc1ccccc1. The molecule has 17 nitrogen and oxygen atoms in total. The van der Waals surface area contributed by atoms with E-state index in [9.17, 15) is 29.4 Å². The van der Waals surface area contributed by atoms with Crippen LogP contribution in [0.1, 0.15) is 28.4 Å². The van der Waals surface area contributed by atoms with Gasteiger partial charge in [0.2, 0.25) is 6.41 Å². The van der Waals surface area contributed by atoms with Gasteiger partial charge in [0, 0.05) is 29.2 Å². The zero-order valence-electron chi connectivity index (χ0n) is 33.6. The molecule has 4 aromatic carbocycles. The summed E-state index contributed by atoms with van der Waals surface area (Å²) in [5, 5.41) is 41.2. The van der Waals surface area contributed by atoms with Gasteiger partial charge in [0.1, 0.15) is 23.0 Å². The lowest BCUT2D eigenvalue weighted by molar-refractivity contribution is -0.138. The van der Waals surface area contributed by atoms with Gasteiger partial charge in [-0.15, -0.1) is 0 Å². The Bertz CT molecular complexity index is 2330. The van der Waals surface area contributed by atoms with E-state index >= 15 is 0 Å². The number of carbonyl (C=O) groups excluding carboxylic acids is 4. The van der Waals surface area contributed by atoms with E-state index in [1.807, 2.05) is 24.3 Å². The van der Waals surface area contributed by atoms with Crippen molar-refractivity contribution in [3.63, 3.8) is 0 Å². The topological polar surface area (TPSA) is 239 Å². The van der Waals surface area contributed by atoms with Crippen LogP contribution >= 0.6 is 11.8 Å². The molecule has 0 bridgehead atoms. The van der Waals surface area contributed by atoms with E-state index in [0.29, 0.717) is 64.4 Å². The fourth-order valence-corrected chi connectivity index (χ4v) is 6.54. The molecule has 4 aromatic rings. The first-order valence-electron chi connectivity index (χ1n) is 19.2. The van der Waals surface area contributed by atoms with Crippen LogP contribution in [-0.2, 0) is 28.5 Å². The average Bonchev–Trinajstić information content (AvgIpc) is 3.56. The zero-order valence-corrected chi connectivity index (χ0v) is 34.4. The van der Waals surface area contributed by atoms with Crippen molar-refractivity contribution in [2.45, 2.75) is 6.92 Å². The summed E-state index contributed by atoms with van der Waals surface area (Å²) in [5.74, 6) is -1.27. The third-order valence-electron chi connectivity index (χ3n) is 8.35. The van der Waals surface area contributed by atoms with Gasteiger partial charge in [-0.25, -0.2) is 14.6 Å². The number of anilines is 3. The first-order valence-corrected chi connectivity index (χ1v) is 20.0. The molecular weight excluding hydrogens is 821 g/mol. The van der Waals surface area contributed by atoms with Crippen LogP contribution in [0.2, 0.25) is 0 Å². The maximum Gasteiger partial charge on any atom is 0.344 e. The van der Waals surface area contributed by atoms with Crippen LogP contribution in [0.25, 0.3) is 6.08 Å². The lowest BCUT2D eigenvalue weighted by Crippen LogP contribution is -2.28. The van der Waals surface area contributed by atoms with Crippen molar-refractivity contribution in [3.8, 4) is 17.6 Å². The molecule has 1 aliphatic rings. The second-order valence-electron chi connectivity index (χ2n) is 12.8. The van der Waals surface area contributed by atoms with E-state index in [1.54, 1.807) is 61.5 Å². The Morgan fingerprint density at radius 2 is 1.48 bits per heavy atom. The molecule has 1 heterocycles. The Morgan fingerprint density at radius 1 is 0.806 bits per heavy atom. The lowest BCUT2D eigenvalue weighted by atomic mass is 10.1. The molecule has 4 amide bonds. The number of nitriles is 1. The number of phenols is 1. The summed E-state index contributed by atoms with van der Waals surface area (Å²) in [4.78, 5) is 54.0. The molecule has 0 saturated heterocycles. The molecule has 0 spiro atoms. The van der Waals surface area contributed by atoms with Crippen molar-refractivity contribution in [2.75, 3.05) is 75.4 Å². The number of aliphatic hydroxyl groups is 1. The van der Waals surface area contributed by atoms with Crippen molar-refractivity contribution in [1.82, 2.24) is 5.32 Å². The minimum atomic E-state index is -0.685. The summed E-state index contributed by atoms with van der Waals surface area (Å²) < 4.78 is 27.4. The quantitative estimate of drug-likeness (QED) is 0.0280. The summed E-state index contributed by atoms with van der Waals surface area (Å²) >= 11 is 1.12. The van der Waals surface area contributed by atoms with Crippen molar-refractivity contribution < 1.29 is 53.1 Å². The fraction of sp³-hybridized carbons (Fsp3) is 0.227. The number of nitrogens with zero attached hydrogens (tertiary/aromatic N) is 2. The largest absolute Gasteiger partial charge is 0.506 e. The van der Waals surface area contributed by atoms with E-state index in [-0.39, 0.29) is 73.7 Å². The predicted octanol–water partition coefficient (Wildman–Crippen LogP) is 6.53. The number of rotatable bonds is 22. The first kappa shape index (κ1) is 45.9. The van der Waals surface area contributed by atoms with Crippen molar-refractivity contribution in [3.05, 3.63) is 124 Å². The minimum absolute atomic E-state index is 0.0259. The van der Waals surface area contributed by atoms with Crippen LogP contribution in [0.15, 0.2) is 112 Å². The zero-order chi connectivity index (χ0) is 44.1. The highest BCUT2D eigenvalue weighted by molar-refractivity contribution is 8.18. The van der Waals surface area contributed by atoms with Crippen LogP contribution < -0.4 is 26.0 Å². The van der Waals surface area contributed by atoms with Gasteiger partial charge in [0.05, 0.1) is 68.5 Å². The van der Waals surface area contributed by atoms with Crippen molar-refractivity contribution in [2.24, 2.45) is 4.99 Å². The number of benzene rings is 4. The van der Waals surface area contributed by atoms with Gasteiger partial charge in [-0.2, -0.15) is 5.26 Å². The first-order chi connectivity index (χ1) is 30.2. The summed E-state index contributed by atoms with van der Waals surface area (Å²) in [6.45, 7) is 3.76. The third-order valence-corrected chi connectivity index (χ3v) is 9.37. The fourth-order valence-electron chi connectivity index (χ4n) is 5.50. The molecule has 18 heteroatoms. The van der Waals surface area contributed by atoms with Gasteiger partial charge in [-0.3, -0.25) is 9.59 Å². The number of hydrogen-bond donors (Lipinski definition) is 6. The Kier molecular flexibility index (Phi) is 17.9. The van der Waals surface area contributed by atoms with E-state index in [4.69, 9.17) is 28.9 Å². The second-order valence-corrected chi connectivity index (χ2v) is 13.8. The molecule has 5 rings (SSSR count). The number of aliphatic imine (C=N–C) groups is 1. The summed E-state index contributed by atoms with van der Waals surface area (Å²) in [7, 11) is 0. The number of hydrogen-bond acceptors (Lipinski definition) is 14. The highest BCUT2D eigenvalue weighted by atomic mass is 32.2. The van der Waals surface area contributed by atoms with Crippen LogP contribution in [0.3, 0.4) is 0 Å². The monoisotopic (exact) mass is 864 g/mol. The number of aromatic hydroxyl groups is 1. The van der Waals surface area contributed by atoms with Gasteiger partial charge >= 0.3 is 12.0 Å². The molecular formula is C44H44N6O11S. The van der Waals surface area contributed by atoms with Gasteiger partial charge < -0.3 is 55.2 Å². The summed E-state index contributed by atoms with van der Waals surface area (Å²) in [6, 6.07) is 25.9. The molecule has 0 radical (unpaired) electrons. The molecule has 0 fully saturated rings. The van der Waals surface area contributed by atoms with Crippen LogP contribution in [0, 0.1) is 11.3 Å². The Morgan fingerprint density at radius 3 is 2.16 bits per heavy atom. The number of para-hydroxylation sites is 1. The number of aliphatic hydroxyl groups excluding tert-OH is 1. The molecule has 0 atom stereocenters. The molecule has 6 N–H and O–H groups in total. The smallest absolute Gasteiger partial charge is 0.344 e. The van der Waals surface area contributed by atoms with Crippen molar-refractivity contribution >= 4 is 69.9 Å². The number of esters is 1. The van der Waals surface area contributed by atoms with Crippen LogP contribution in [-0.4, -0.2) is 99.0 Å². The normalized spacial score (nSPS) is 13.4. The number of carbonyl (C=O) groups is 4. The van der Waals surface area contributed by atoms with Crippen LogP contribution in [0.5, 0.6) is 11.5 Å². The third kappa shape index (κ3) is 14.2. The molecule has 0 aliphatic carbocycles. The average molecular weight is 865 g/mol. The molecule has 0 unspecified atom stereocenters. The Hall–Kier alpha value is -7.17. The number of urea groups is 1.